The van der Waals surface area contributed by atoms with Gasteiger partial charge in [-0.1, -0.05) is 115 Å². The third-order valence-corrected chi connectivity index (χ3v) is 9.14. The Kier molecular flexibility index (Phi) is 5.22. The van der Waals surface area contributed by atoms with E-state index in [4.69, 9.17) is 15.0 Å². The Bertz CT molecular complexity index is 2650. The lowest BCUT2D eigenvalue weighted by atomic mass is 9.90. The molecule has 0 saturated carbocycles. The van der Waals surface area contributed by atoms with Gasteiger partial charge in [-0.2, -0.15) is 9.97 Å². The highest BCUT2D eigenvalue weighted by atomic mass is 15.3. The number of rotatable bonds is 3. The fourth-order valence-electron chi connectivity index (χ4n) is 7.01. The number of nitrogens with zero attached hydrogens (tertiary/aromatic N) is 4. The summed E-state index contributed by atoms with van der Waals surface area (Å²) < 4.78 is 0. The number of nitrogens with one attached hydrogen (secondary N) is 1. The Hall–Kier alpha value is -6.33. The van der Waals surface area contributed by atoms with Crippen molar-refractivity contribution < 1.29 is 0 Å². The molecule has 1 N–H and O–H groups in total. The lowest BCUT2D eigenvalue weighted by Gasteiger charge is -2.32. The fraction of sp³-hybridized carbons (Fsp3) is 0. The molecule has 0 aliphatic carbocycles. The van der Waals surface area contributed by atoms with Crippen LogP contribution in [0.3, 0.4) is 0 Å². The molecule has 214 valence electrons. The van der Waals surface area contributed by atoms with Crippen molar-refractivity contribution in [1.82, 2.24) is 19.9 Å². The summed E-state index contributed by atoms with van der Waals surface area (Å²) in [4.78, 5) is 21.3. The van der Waals surface area contributed by atoms with Crippen molar-refractivity contribution in [2.75, 3.05) is 4.90 Å². The highest BCUT2D eigenvalue weighted by molar-refractivity contribution is 6.15. The topological polar surface area (TPSA) is 57.7 Å². The van der Waals surface area contributed by atoms with Gasteiger partial charge in [-0.05, 0) is 52.1 Å². The van der Waals surface area contributed by atoms with Gasteiger partial charge in [0.1, 0.15) is 0 Å². The second-order valence-corrected chi connectivity index (χ2v) is 11.8. The van der Waals surface area contributed by atoms with Gasteiger partial charge < -0.3 is 4.98 Å². The number of benzene rings is 7. The van der Waals surface area contributed by atoms with Crippen LogP contribution in [-0.2, 0) is 0 Å². The van der Waals surface area contributed by atoms with Gasteiger partial charge in [-0.15, -0.1) is 0 Å². The molecule has 10 rings (SSSR count). The van der Waals surface area contributed by atoms with Crippen molar-refractivity contribution in [3.63, 3.8) is 0 Å². The molecule has 9 aromatic rings. The normalized spacial score (nSPS) is 12.3. The number of hydrogen-bond donors (Lipinski definition) is 1. The first kappa shape index (κ1) is 25.0. The summed E-state index contributed by atoms with van der Waals surface area (Å²) in [6, 6.07) is 51.1. The number of H-pyrrole nitrogens is 1. The molecule has 3 heterocycles. The van der Waals surface area contributed by atoms with Gasteiger partial charge in [-0.25, -0.2) is 4.98 Å². The zero-order chi connectivity index (χ0) is 30.2. The monoisotopic (exact) mass is 587 g/mol. The Morgan fingerprint density at radius 3 is 2.00 bits per heavy atom. The van der Waals surface area contributed by atoms with Gasteiger partial charge in [0.05, 0.1) is 11.4 Å². The first-order chi connectivity index (χ1) is 22.8. The molecule has 0 saturated heterocycles. The summed E-state index contributed by atoms with van der Waals surface area (Å²) in [6.45, 7) is 0. The van der Waals surface area contributed by atoms with E-state index < -0.39 is 0 Å². The summed E-state index contributed by atoms with van der Waals surface area (Å²) in [5.74, 6) is 1.84. The molecule has 0 bridgehead atoms. The molecule has 0 spiro atoms. The smallest absolute Gasteiger partial charge is 0.238 e. The summed E-state index contributed by atoms with van der Waals surface area (Å²) in [7, 11) is 0. The molecular formula is C41H25N5. The van der Waals surface area contributed by atoms with Crippen LogP contribution in [-0.4, -0.2) is 19.9 Å². The van der Waals surface area contributed by atoms with E-state index in [1.807, 2.05) is 18.2 Å². The number of para-hydroxylation sites is 1. The average Bonchev–Trinajstić information content (AvgIpc) is 3.49. The zero-order valence-corrected chi connectivity index (χ0v) is 24.6. The van der Waals surface area contributed by atoms with Crippen LogP contribution in [0.2, 0.25) is 0 Å². The molecular weight excluding hydrogens is 562 g/mol. The molecule has 0 unspecified atom stereocenters. The van der Waals surface area contributed by atoms with Gasteiger partial charge in [0.15, 0.2) is 11.6 Å². The predicted molar refractivity (Wildman–Crippen MR) is 189 cm³/mol. The number of aromatic nitrogens is 4. The molecule has 1 aliphatic rings. The average molecular weight is 588 g/mol. The fourth-order valence-corrected chi connectivity index (χ4v) is 7.01. The molecule has 0 radical (unpaired) electrons. The molecule has 0 atom stereocenters. The molecule has 46 heavy (non-hydrogen) atoms. The van der Waals surface area contributed by atoms with Crippen LogP contribution < -0.4 is 4.90 Å². The Balaban J connectivity index is 1.26. The van der Waals surface area contributed by atoms with Crippen molar-refractivity contribution in [1.29, 1.82) is 0 Å². The molecule has 5 nitrogen and oxygen atoms in total. The summed E-state index contributed by atoms with van der Waals surface area (Å²) in [5.41, 5.74) is 8.50. The van der Waals surface area contributed by atoms with Crippen molar-refractivity contribution >= 4 is 60.7 Å². The minimum Gasteiger partial charge on any atom is -0.354 e. The molecule has 0 amide bonds. The van der Waals surface area contributed by atoms with E-state index in [-0.39, 0.29) is 0 Å². The van der Waals surface area contributed by atoms with E-state index in [0.29, 0.717) is 17.6 Å². The van der Waals surface area contributed by atoms with E-state index in [2.05, 4.69) is 137 Å². The van der Waals surface area contributed by atoms with E-state index in [1.54, 1.807) is 0 Å². The van der Waals surface area contributed by atoms with E-state index >= 15 is 0 Å². The van der Waals surface area contributed by atoms with Gasteiger partial charge >= 0.3 is 0 Å². The van der Waals surface area contributed by atoms with Crippen LogP contribution in [0.15, 0.2) is 146 Å². The van der Waals surface area contributed by atoms with E-state index in [9.17, 15) is 0 Å². The summed E-state index contributed by atoms with van der Waals surface area (Å²) >= 11 is 0. The molecule has 1 aliphatic heterocycles. The minimum atomic E-state index is 0.583. The summed E-state index contributed by atoms with van der Waals surface area (Å²) in [6.07, 6.45) is 0. The number of fused-ring (bicyclic) bond motifs is 6. The van der Waals surface area contributed by atoms with Crippen LogP contribution in [0.4, 0.5) is 17.3 Å². The lowest BCUT2D eigenvalue weighted by Crippen LogP contribution is -2.18. The minimum absolute atomic E-state index is 0.583. The van der Waals surface area contributed by atoms with Crippen molar-refractivity contribution in [2.24, 2.45) is 0 Å². The maximum atomic E-state index is 5.24. The van der Waals surface area contributed by atoms with E-state index in [1.165, 1.54) is 37.9 Å². The maximum Gasteiger partial charge on any atom is 0.238 e. The van der Waals surface area contributed by atoms with Crippen molar-refractivity contribution in [3.8, 4) is 33.9 Å². The third kappa shape index (κ3) is 3.72. The van der Waals surface area contributed by atoms with Gasteiger partial charge in [0, 0.05) is 43.9 Å². The molecule has 2 aromatic heterocycles. The Morgan fingerprint density at radius 2 is 1.13 bits per heavy atom. The van der Waals surface area contributed by atoms with Crippen LogP contribution in [0.1, 0.15) is 0 Å². The largest absolute Gasteiger partial charge is 0.354 e. The number of anilines is 3. The highest BCUT2D eigenvalue weighted by Gasteiger charge is 2.29. The number of aromatic amines is 1. The second-order valence-electron chi connectivity index (χ2n) is 11.8. The number of hydrogen-bond acceptors (Lipinski definition) is 4. The Morgan fingerprint density at radius 1 is 0.435 bits per heavy atom. The van der Waals surface area contributed by atoms with Crippen molar-refractivity contribution in [2.45, 2.75) is 0 Å². The lowest BCUT2D eigenvalue weighted by molar-refractivity contribution is 1.02. The SMILES string of the molecule is c1ccc(-c2nc(-c3ccc4c(c3)[nH]c3ccccc34)nc(N3c4cc5ccccc5cc4-c4cccc5cccc3c45)n2)cc1. The Labute approximate surface area is 264 Å². The van der Waals surface area contributed by atoms with Gasteiger partial charge in [0.25, 0.3) is 0 Å². The third-order valence-electron chi connectivity index (χ3n) is 9.14. The predicted octanol–water partition coefficient (Wildman–Crippen LogP) is 10.6. The van der Waals surface area contributed by atoms with Crippen LogP contribution in [0.5, 0.6) is 0 Å². The van der Waals surface area contributed by atoms with Gasteiger partial charge in [0.2, 0.25) is 5.95 Å². The highest BCUT2D eigenvalue weighted by Crippen LogP contribution is 2.51. The zero-order valence-electron chi connectivity index (χ0n) is 24.6. The van der Waals surface area contributed by atoms with Crippen LogP contribution >= 0.6 is 0 Å². The first-order valence-corrected chi connectivity index (χ1v) is 15.5. The summed E-state index contributed by atoms with van der Waals surface area (Å²) in [5, 5.41) is 7.12. The van der Waals surface area contributed by atoms with E-state index in [0.717, 1.165) is 39.1 Å². The first-order valence-electron chi connectivity index (χ1n) is 15.5. The van der Waals surface area contributed by atoms with Crippen LogP contribution in [0.25, 0.3) is 77.3 Å². The maximum absolute atomic E-state index is 5.24. The molecule has 5 heteroatoms. The van der Waals surface area contributed by atoms with Crippen LogP contribution in [0, 0.1) is 0 Å². The molecule has 7 aromatic carbocycles. The van der Waals surface area contributed by atoms with Crippen molar-refractivity contribution in [3.05, 3.63) is 146 Å². The quantitative estimate of drug-likeness (QED) is 0.223. The van der Waals surface area contributed by atoms with Gasteiger partial charge in [-0.3, -0.25) is 4.90 Å². The standard InChI is InChI=1S/C41H25N5/c1-2-10-26(11-3-1)39-43-40(29-20-21-31-30-16-6-7-18-34(30)42-35(31)23-29)45-41(44-39)46-36-19-9-15-25-14-8-17-32(38(25)36)33-22-27-12-4-5-13-28(27)24-37(33)46/h1-24,42H. The second kappa shape index (κ2) is 9.58. The molecule has 0 fully saturated rings.